The number of halogens is 2. The van der Waals surface area contributed by atoms with Crippen LogP contribution in [0.5, 0.6) is 5.75 Å². The van der Waals surface area contributed by atoms with Gasteiger partial charge in [-0.1, -0.05) is 0 Å². The zero-order valence-corrected chi connectivity index (χ0v) is 8.80. The highest BCUT2D eigenvalue weighted by atomic mass is 19.3. The molecule has 1 rings (SSSR count). The van der Waals surface area contributed by atoms with Crippen LogP contribution in [0.3, 0.4) is 0 Å². The minimum Gasteiger partial charge on any atom is -0.496 e. The molecule has 4 heteroatoms. The van der Waals surface area contributed by atoms with Crippen LogP contribution in [0, 0.1) is 6.92 Å². The van der Waals surface area contributed by atoms with E-state index in [1.807, 2.05) is 0 Å². The van der Waals surface area contributed by atoms with E-state index in [0.717, 1.165) is 0 Å². The SMILES string of the molecule is COc1cc(C(C)=O)cc(C)c1C(F)F. The van der Waals surface area contributed by atoms with Crippen molar-refractivity contribution in [2.24, 2.45) is 0 Å². The number of carbonyl (C=O) groups is 1. The molecule has 0 amide bonds. The van der Waals surface area contributed by atoms with Gasteiger partial charge in [0.05, 0.1) is 12.7 Å². The predicted octanol–water partition coefficient (Wildman–Crippen LogP) is 3.14. The number of alkyl halides is 2. The number of methoxy groups -OCH3 is 1. The fourth-order valence-electron chi connectivity index (χ4n) is 1.42. The molecule has 15 heavy (non-hydrogen) atoms. The first-order valence-electron chi connectivity index (χ1n) is 4.45. The minimum atomic E-state index is -2.60. The lowest BCUT2D eigenvalue weighted by atomic mass is 10.0. The molecule has 2 nitrogen and oxygen atoms in total. The van der Waals surface area contributed by atoms with Crippen LogP contribution in [-0.4, -0.2) is 12.9 Å². The summed E-state index contributed by atoms with van der Waals surface area (Å²) in [5.41, 5.74) is 0.603. The fourth-order valence-corrected chi connectivity index (χ4v) is 1.42. The van der Waals surface area contributed by atoms with Crippen molar-refractivity contribution in [3.63, 3.8) is 0 Å². The Hall–Kier alpha value is -1.45. The van der Waals surface area contributed by atoms with Crippen molar-refractivity contribution in [1.29, 1.82) is 0 Å². The van der Waals surface area contributed by atoms with Gasteiger partial charge in [0.15, 0.2) is 5.78 Å². The van der Waals surface area contributed by atoms with Gasteiger partial charge in [-0.05, 0) is 31.5 Å². The third-order valence-electron chi connectivity index (χ3n) is 2.19. The Bertz CT molecular complexity index is 386. The van der Waals surface area contributed by atoms with Crippen LogP contribution in [0.4, 0.5) is 8.78 Å². The molecule has 1 aromatic rings. The lowest BCUT2D eigenvalue weighted by molar-refractivity contribution is 0.101. The highest BCUT2D eigenvalue weighted by Crippen LogP contribution is 2.33. The molecule has 0 N–H and O–H groups in total. The van der Waals surface area contributed by atoms with Crippen molar-refractivity contribution in [2.45, 2.75) is 20.3 Å². The van der Waals surface area contributed by atoms with Gasteiger partial charge in [-0.25, -0.2) is 8.78 Å². The van der Waals surface area contributed by atoms with E-state index in [9.17, 15) is 13.6 Å². The molecule has 0 aliphatic rings. The molecule has 1 aromatic carbocycles. The van der Waals surface area contributed by atoms with E-state index < -0.39 is 6.43 Å². The van der Waals surface area contributed by atoms with Gasteiger partial charge in [-0.3, -0.25) is 4.79 Å². The minimum absolute atomic E-state index is 0.0650. The van der Waals surface area contributed by atoms with Crippen LogP contribution in [0.25, 0.3) is 0 Å². The zero-order valence-electron chi connectivity index (χ0n) is 8.80. The Morgan fingerprint density at radius 3 is 2.40 bits per heavy atom. The molecule has 82 valence electrons. The van der Waals surface area contributed by atoms with E-state index in [0.29, 0.717) is 11.1 Å². The topological polar surface area (TPSA) is 26.3 Å². The number of hydrogen-bond acceptors (Lipinski definition) is 2. The van der Waals surface area contributed by atoms with E-state index in [1.54, 1.807) is 0 Å². The average molecular weight is 214 g/mol. The van der Waals surface area contributed by atoms with E-state index in [4.69, 9.17) is 4.74 Å². The second-order valence-corrected chi connectivity index (χ2v) is 3.27. The van der Waals surface area contributed by atoms with Crippen molar-refractivity contribution in [3.8, 4) is 5.75 Å². The molecule has 0 bridgehead atoms. The molecule has 0 fully saturated rings. The van der Waals surface area contributed by atoms with Crippen molar-refractivity contribution in [1.82, 2.24) is 0 Å². The summed E-state index contributed by atoms with van der Waals surface area (Å²) in [5, 5.41) is 0. The van der Waals surface area contributed by atoms with Crippen LogP contribution in [0.1, 0.15) is 34.8 Å². The normalized spacial score (nSPS) is 10.5. The summed E-state index contributed by atoms with van der Waals surface area (Å²) in [6.45, 7) is 2.92. The number of rotatable bonds is 3. The second-order valence-electron chi connectivity index (χ2n) is 3.27. The highest BCUT2D eigenvalue weighted by molar-refractivity contribution is 5.94. The molecule has 0 heterocycles. The smallest absolute Gasteiger partial charge is 0.267 e. The largest absolute Gasteiger partial charge is 0.496 e. The Balaban J connectivity index is 3.37. The number of benzene rings is 1. The number of ether oxygens (including phenoxy) is 1. The van der Waals surface area contributed by atoms with Crippen molar-refractivity contribution in [2.75, 3.05) is 7.11 Å². The summed E-state index contributed by atoms with van der Waals surface area (Å²) >= 11 is 0. The summed E-state index contributed by atoms with van der Waals surface area (Å²) in [4.78, 5) is 11.1. The van der Waals surface area contributed by atoms with Crippen LogP contribution >= 0.6 is 0 Å². The van der Waals surface area contributed by atoms with Crippen LogP contribution in [-0.2, 0) is 0 Å². The number of aryl methyl sites for hydroxylation is 1. The summed E-state index contributed by atoms with van der Waals surface area (Å²) in [7, 11) is 1.31. The molecule has 0 unspecified atom stereocenters. The Morgan fingerprint density at radius 2 is 2.00 bits per heavy atom. The van der Waals surface area contributed by atoms with Gasteiger partial charge >= 0.3 is 0 Å². The van der Waals surface area contributed by atoms with Gasteiger partial charge in [0.1, 0.15) is 5.75 Å². The van der Waals surface area contributed by atoms with Gasteiger partial charge < -0.3 is 4.74 Å². The lowest BCUT2D eigenvalue weighted by Crippen LogP contribution is -2.01. The molecule has 0 radical (unpaired) electrons. The standard InChI is InChI=1S/C11H12F2O2/c1-6-4-8(7(2)14)5-9(15-3)10(6)11(12)13/h4-5,11H,1-3H3. The van der Waals surface area contributed by atoms with Crippen LogP contribution in [0.2, 0.25) is 0 Å². The van der Waals surface area contributed by atoms with Gasteiger partial charge in [0.2, 0.25) is 0 Å². The van der Waals surface area contributed by atoms with Crippen LogP contribution < -0.4 is 4.74 Å². The van der Waals surface area contributed by atoms with Gasteiger partial charge in [0.25, 0.3) is 6.43 Å². The monoisotopic (exact) mass is 214 g/mol. The number of hydrogen-bond donors (Lipinski definition) is 0. The molecule has 0 atom stereocenters. The van der Waals surface area contributed by atoms with Crippen molar-refractivity contribution in [3.05, 3.63) is 28.8 Å². The maximum absolute atomic E-state index is 12.6. The van der Waals surface area contributed by atoms with Crippen LogP contribution in [0.15, 0.2) is 12.1 Å². The van der Waals surface area contributed by atoms with Gasteiger partial charge in [-0.15, -0.1) is 0 Å². The molecule has 0 saturated heterocycles. The maximum atomic E-state index is 12.6. The third kappa shape index (κ3) is 2.32. The summed E-state index contributed by atoms with van der Waals surface area (Å²) < 4.78 is 30.1. The maximum Gasteiger partial charge on any atom is 0.267 e. The van der Waals surface area contributed by atoms with E-state index in [2.05, 4.69) is 0 Å². The summed E-state index contributed by atoms with van der Waals surface area (Å²) in [6.07, 6.45) is -2.60. The molecule has 0 aliphatic carbocycles. The zero-order chi connectivity index (χ0) is 11.6. The number of ketones is 1. The number of Topliss-reactive ketones (excluding diaryl/α,β-unsaturated/α-hetero) is 1. The Labute approximate surface area is 86.9 Å². The first-order chi connectivity index (χ1) is 6.97. The van der Waals surface area contributed by atoms with Crippen molar-refractivity contribution >= 4 is 5.78 Å². The molecule has 0 aliphatic heterocycles. The molecular formula is C11H12F2O2. The quantitative estimate of drug-likeness (QED) is 0.722. The fraction of sp³-hybridized carbons (Fsp3) is 0.364. The van der Waals surface area contributed by atoms with Gasteiger partial charge in [-0.2, -0.15) is 0 Å². The third-order valence-corrected chi connectivity index (χ3v) is 2.19. The second kappa shape index (κ2) is 4.38. The molecule has 0 saturated carbocycles. The molecular weight excluding hydrogens is 202 g/mol. The van der Waals surface area contributed by atoms with E-state index in [1.165, 1.54) is 33.1 Å². The number of carbonyl (C=O) groups excluding carboxylic acids is 1. The summed E-state index contributed by atoms with van der Waals surface area (Å²) in [6, 6.07) is 2.79. The lowest BCUT2D eigenvalue weighted by Gasteiger charge is -2.12. The Morgan fingerprint density at radius 1 is 1.40 bits per heavy atom. The van der Waals surface area contributed by atoms with E-state index in [-0.39, 0.29) is 17.1 Å². The van der Waals surface area contributed by atoms with Crippen molar-refractivity contribution < 1.29 is 18.3 Å². The predicted molar refractivity (Wildman–Crippen MR) is 52.7 cm³/mol. The molecule has 0 aromatic heterocycles. The average Bonchev–Trinajstić information content (AvgIpc) is 2.15. The summed E-state index contributed by atoms with van der Waals surface area (Å²) in [5.74, 6) is -0.104. The Kier molecular flexibility index (Phi) is 3.39. The first kappa shape index (κ1) is 11.6. The molecule has 0 spiro atoms. The van der Waals surface area contributed by atoms with E-state index >= 15 is 0 Å². The highest BCUT2D eigenvalue weighted by Gasteiger charge is 2.18. The van der Waals surface area contributed by atoms with Gasteiger partial charge in [0, 0.05) is 5.56 Å². The first-order valence-corrected chi connectivity index (χ1v) is 4.45.